The molecule has 0 aliphatic heterocycles. The number of benzene rings is 3. The minimum Gasteiger partial charge on any atom is -0.497 e. The van der Waals surface area contributed by atoms with Crippen LogP contribution in [-0.2, 0) is 26.2 Å². The van der Waals surface area contributed by atoms with Crippen LogP contribution in [0.1, 0.15) is 39.2 Å². The first-order chi connectivity index (χ1) is 20.6. The lowest BCUT2D eigenvalue weighted by molar-refractivity contribution is -0.140. The van der Waals surface area contributed by atoms with Crippen LogP contribution in [0.2, 0.25) is 0 Å². The molecule has 0 heterocycles. The fraction of sp³-hybridized carbons (Fsp3) is 0.375. The fourth-order valence-electron chi connectivity index (χ4n) is 4.51. The number of rotatable bonds is 15. The van der Waals surface area contributed by atoms with E-state index in [9.17, 15) is 18.0 Å². The molecule has 0 bridgehead atoms. The van der Waals surface area contributed by atoms with Crippen molar-refractivity contribution in [3.8, 4) is 17.2 Å². The van der Waals surface area contributed by atoms with Crippen LogP contribution in [0.15, 0.2) is 77.7 Å². The predicted molar refractivity (Wildman–Crippen MR) is 166 cm³/mol. The predicted octanol–water partition coefficient (Wildman–Crippen LogP) is 4.63. The summed E-state index contributed by atoms with van der Waals surface area (Å²) in [5.41, 5.74) is 0.946. The smallest absolute Gasteiger partial charge is 0.264 e. The van der Waals surface area contributed by atoms with E-state index in [1.165, 1.54) is 43.4 Å². The van der Waals surface area contributed by atoms with E-state index in [0.717, 1.165) is 16.3 Å². The van der Waals surface area contributed by atoms with E-state index in [0.29, 0.717) is 17.9 Å². The summed E-state index contributed by atoms with van der Waals surface area (Å²) in [6, 6.07) is 18.7. The summed E-state index contributed by atoms with van der Waals surface area (Å²) in [6.45, 7) is 5.18. The van der Waals surface area contributed by atoms with Crippen molar-refractivity contribution in [1.29, 1.82) is 0 Å². The van der Waals surface area contributed by atoms with Gasteiger partial charge in [-0.1, -0.05) is 38.1 Å². The number of nitrogens with zero attached hydrogens (tertiary/aromatic N) is 2. The Hall–Kier alpha value is -4.25. The van der Waals surface area contributed by atoms with Gasteiger partial charge in [0.25, 0.3) is 10.0 Å². The highest BCUT2D eigenvalue weighted by Crippen LogP contribution is 2.33. The van der Waals surface area contributed by atoms with Gasteiger partial charge < -0.3 is 24.4 Å². The molecule has 0 aliphatic carbocycles. The molecule has 10 nitrogen and oxygen atoms in total. The van der Waals surface area contributed by atoms with Crippen molar-refractivity contribution in [2.24, 2.45) is 0 Å². The molecule has 3 rings (SSSR count). The zero-order valence-electron chi connectivity index (χ0n) is 25.6. The molecule has 0 aromatic heterocycles. The summed E-state index contributed by atoms with van der Waals surface area (Å²) in [5.74, 6) is 0.555. The molecule has 2 atom stereocenters. The second kappa shape index (κ2) is 15.3. The van der Waals surface area contributed by atoms with Gasteiger partial charge in [0.2, 0.25) is 11.8 Å². The number of carbonyl (C=O) groups excluding carboxylic acids is 2. The molecular formula is C32H41N3O7S. The molecule has 2 amide bonds. The molecule has 232 valence electrons. The second-order valence-electron chi connectivity index (χ2n) is 9.97. The first-order valence-corrected chi connectivity index (χ1v) is 15.6. The lowest BCUT2D eigenvalue weighted by atomic mass is 10.1. The minimum absolute atomic E-state index is 0.0322. The van der Waals surface area contributed by atoms with Gasteiger partial charge in [0.05, 0.1) is 31.9 Å². The third-order valence-corrected chi connectivity index (χ3v) is 8.95. The van der Waals surface area contributed by atoms with Crippen molar-refractivity contribution in [1.82, 2.24) is 10.2 Å². The molecule has 0 radical (unpaired) electrons. The number of hydrogen-bond donors (Lipinski definition) is 1. The Morgan fingerprint density at radius 3 is 1.93 bits per heavy atom. The molecule has 0 fully saturated rings. The van der Waals surface area contributed by atoms with Crippen molar-refractivity contribution in [2.75, 3.05) is 32.2 Å². The normalized spacial score (nSPS) is 12.5. The van der Waals surface area contributed by atoms with Gasteiger partial charge in [-0.2, -0.15) is 0 Å². The number of hydrogen-bond acceptors (Lipinski definition) is 7. The first-order valence-electron chi connectivity index (χ1n) is 14.1. The van der Waals surface area contributed by atoms with Crippen molar-refractivity contribution < 1.29 is 32.2 Å². The van der Waals surface area contributed by atoms with Gasteiger partial charge in [0, 0.05) is 12.6 Å². The SMILES string of the molecule is CC[C@H](C)NC(=O)[C@H](CC)N(Cc1ccc(OC)cc1)C(=O)CN(c1ccccc1OC)S(=O)(=O)c1ccc(OC)cc1. The minimum atomic E-state index is -4.26. The Morgan fingerprint density at radius 2 is 1.40 bits per heavy atom. The number of para-hydroxylation sites is 2. The van der Waals surface area contributed by atoms with E-state index >= 15 is 0 Å². The van der Waals surface area contributed by atoms with Crippen LogP contribution in [-0.4, -0.2) is 65.1 Å². The topological polar surface area (TPSA) is 114 Å². The molecule has 0 saturated heterocycles. The molecule has 0 saturated carbocycles. The average Bonchev–Trinajstić information content (AvgIpc) is 3.03. The Morgan fingerprint density at radius 1 is 0.814 bits per heavy atom. The Balaban J connectivity index is 2.09. The Labute approximate surface area is 254 Å². The number of nitrogens with one attached hydrogen (secondary N) is 1. The molecule has 3 aromatic rings. The molecule has 0 aliphatic rings. The maximum absolute atomic E-state index is 14.2. The molecule has 3 aromatic carbocycles. The lowest BCUT2D eigenvalue weighted by Crippen LogP contribution is -2.53. The van der Waals surface area contributed by atoms with Crippen molar-refractivity contribution >= 4 is 27.5 Å². The van der Waals surface area contributed by atoms with Crippen molar-refractivity contribution in [3.05, 3.63) is 78.4 Å². The van der Waals surface area contributed by atoms with Crippen LogP contribution in [0.25, 0.3) is 0 Å². The van der Waals surface area contributed by atoms with E-state index in [2.05, 4.69) is 5.32 Å². The maximum atomic E-state index is 14.2. The third kappa shape index (κ3) is 8.19. The summed E-state index contributed by atoms with van der Waals surface area (Å²) in [5, 5.41) is 2.97. The van der Waals surface area contributed by atoms with Crippen molar-refractivity contribution in [3.63, 3.8) is 0 Å². The van der Waals surface area contributed by atoms with Crippen LogP contribution < -0.4 is 23.8 Å². The standard InChI is InChI=1S/C32H41N3O7S/c1-7-23(3)33-32(37)28(8-2)34(21-24-13-15-25(40-4)16-14-24)31(36)22-35(29-11-9-10-12-30(29)42-6)43(38,39)27-19-17-26(41-5)18-20-27/h9-20,23,28H,7-8,21-22H2,1-6H3,(H,33,37)/t23-,28-/m0/s1. The molecule has 43 heavy (non-hydrogen) atoms. The van der Waals surface area contributed by atoms with Crippen LogP contribution >= 0.6 is 0 Å². The van der Waals surface area contributed by atoms with E-state index in [1.807, 2.05) is 32.9 Å². The van der Waals surface area contributed by atoms with Gasteiger partial charge in [-0.25, -0.2) is 8.42 Å². The zero-order valence-corrected chi connectivity index (χ0v) is 26.4. The number of methoxy groups -OCH3 is 3. The van der Waals surface area contributed by atoms with Crippen LogP contribution in [0.5, 0.6) is 17.2 Å². The second-order valence-corrected chi connectivity index (χ2v) is 11.8. The van der Waals surface area contributed by atoms with E-state index < -0.39 is 28.5 Å². The highest BCUT2D eigenvalue weighted by Gasteiger charge is 2.35. The molecule has 1 N–H and O–H groups in total. The Bertz CT molecular complexity index is 1460. The number of sulfonamides is 1. The highest BCUT2D eigenvalue weighted by molar-refractivity contribution is 7.92. The number of carbonyl (C=O) groups is 2. The highest BCUT2D eigenvalue weighted by atomic mass is 32.2. The summed E-state index contributed by atoms with van der Waals surface area (Å²) < 4.78 is 45.2. The van der Waals surface area contributed by atoms with Crippen LogP contribution in [0.3, 0.4) is 0 Å². The largest absolute Gasteiger partial charge is 0.497 e. The summed E-state index contributed by atoms with van der Waals surface area (Å²) >= 11 is 0. The van der Waals surface area contributed by atoms with Crippen LogP contribution in [0, 0.1) is 0 Å². The molecule has 11 heteroatoms. The number of anilines is 1. The van der Waals surface area contributed by atoms with E-state index in [-0.39, 0.29) is 34.8 Å². The lowest BCUT2D eigenvalue weighted by Gasteiger charge is -2.34. The van der Waals surface area contributed by atoms with Gasteiger partial charge in [-0.15, -0.1) is 0 Å². The first kappa shape index (κ1) is 33.3. The van der Waals surface area contributed by atoms with Gasteiger partial charge in [-0.05, 0) is 73.9 Å². The third-order valence-electron chi connectivity index (χ3n) is 7.18. The summed E-state index contributed by atoms with van der Waals surface area (Å²) in [4.78, 5) is 29.1. The summed E-state index contributed by atoms with van der Waals surface area (Å²) in [7, 11) is 0.218. The maximum Gasteiger partial charge on any atom is 0.264 e. The number of amides is 2. The zero-order chi connectivity index (χ0) is 31.6. The molecule has 0 unspecified atom stereocenters. The van der Waals surface area contributed by atoms with Gasteiger partial charge in [-0.3, -0.25) is 13.9 Å². The van der Waals surface area contributed by atoms with Gasteiger partial charge in [0.1, 0.15) is 29.8 Å². The summed E-state index contributed by atoms with van der Waals surface area (Å²) in [6.07, 6.45) is 1.04. The van der Waals surface area contributed by atoms with Gasteiger partial charge >= 0.3 is 0 Å². The Kier molecular flexibility index (Phi) is 11.8. The number of ether oxygens (including phenoxy) is 3. The molecule has 0 spiro atoms. The average molecular weight is 612 g/mol. The van der Waals surface area contributed by atoms with Gasteiger partial charge in [0.15, 0.2) is 0 Å². The quantitative estimate of drug-likeness (QED) is 0.267. The van der Waals surface area contributed by atoms with Crippen LogP contribution in [0.4, 0.5) is 5.69 Å². The van der Waals surface area contributed by atoms with Crippen molar-refractivity contribution in [2.45, 2.75) is 57.1 Å². The monoisotopic (exact) mass is 611 g/mol. The fourth-order valence-corrected chi connectivity index (χ4v) is 5.94. The molecular weight excluding hydrogens is 570 g/mol. The van der Waals surface area contributed by atoms with E-state index in [1.54, 1.807) is 43.5 Å². The van der Waals surface area contributed by atoms with E-state index in [4.69, 9.17) is 14.2 Å².